The molecule has 14 heavy (non-hydrogen) atoms. The predicted octanol–water partition coefficient (Wildman–Crippen LogP) is 1.66. The van der Waals surface area contributed by atoms with Crippen molar-refractivity contribution in [2.75, 3.05) is 0 Å². The normalized spacial score (nSPS) is 34.3. The third-order valence-corrected chi connectivity index (χ3v) is 2.58. The monoisotopic (exact) mass is 198 g/mol. The van der Waals surface area contributed by atoms with E-state index in [-0.39, 0.29) is 0 Å². The molecule has 2 aliphatic rings. The van der Waals surface area contributed by atoms with Crippen molar-refractivity contribution in [1.29, 1.82) is 0 Å². The fourth-order valence-corrected chi connectivity index (χ4v) is 2.06. The molecule has 2 rings (SSSR count). The van der Waals surface area contributed by atoms with Crippen LogP contribution in [-0.4, -0.2) is 22.5 Å². The van der Waals surface area contributed by atoms with Crippen molar-refractivity contribution in [2.24, 2.45) is 0 Å². The molecule has 0 aromatic heterocycles. The van der Waals surface area contributed by atoms with Gasteiger partial charge in [0, 0.05) is 13.8 Å². The molecule has 0 saturated carbocycles. The Morgan fingerprint density at radius 1 is 1.57 bits per heavy atom. The van der Waals surface area contributed by atoms with E-state index in [0.29, 0.717) is 12.2 Å². The van der Waals surface area contributed by atoms with Crippen molar-refractivity contribution < 1.29 is 19.4 Å². The summed E-state index contributed by atoms with van der Waals surface area (Å²) in [6.07, 6.45) is 4.02. The second-order valence-electron chi connectivity index (χ2n) is 4.20. The van der Waals surface area contributed by atoms with Gasteiger partial charge in [0.15, 0.2) is 0 Å². The van der Waals surface area contributed by atoms with Crippen LogP contribution in [0.4, 0.5) is 0 Å². The molecule has 0 amide bonds. The minimum atomic E-state index is -1.22. The average molecular weight is 198 g/mol. The maximum absolute atomic E-state index is 11.2. The number of carboxylic acid groups (broad SMARTS) is 1. The summed E-state index contributed by atoms with van der Waals surface area (Å²) in [6, 6.07) is 0. The summed E-state index contributed by atoms with van der Waals surface area (Å²) in [5.41, 5.74) is -1.22. The average Bonchev–Trinajstić information content (AvgIpc) is 2.35. The van der Waals surface area contributed by atoms with Crippen LogP contribution in [0.5, 0.6) is 0 Å². The van der Waals surface area contributed by atoms with Gasteiger partial charge in [0.25, 0.3) is 0 Å². The number of hydrogen-bond donors (Lipinski definition) is 1. The lowest BCUT2D eigenvalue weighted by Gasteiger charge is -2.25. The second kappa shape index (κ2) is 2.73. The zero-order valence-electron chi connectivity index (χ0n) is 8.37. The van der Waals surface area contributed by atoms with Gasteiger partial charge in [-0.15, -0.1) is 0 Å². The van der Waals surface area contributed by atoms with Gasteiger partial charge in [0.2, 0.25) is 11.4 Å². The summed E-state index contributed by atoms with van der Waals surface area (Å²) >= 11 is 0. The Bertz CT molecular complexity index is 305. The zero-order chi connectivity index (χ0) is 10.4. The third kappa shape index (κ3) is 1.21. The van der Waals surface area contributed by atoms with E-state index in [4.69, 9.17) is 9.47 Å². The van der Waals surface area contributed by atoms with Gasteiger partial charge in [-0.3, -0.25) is 0 Å². The van der Waals surface area contributed by atoms with Gasteiger partial charge in [-0.1, -0.05) is 0 Å². The Hall–Kier alpha value is -1.03. The van der Waals surface area contributed by atoms with Gasteiger partial charge in [-0.05, 0) is 25.3 Å². The summed E-state index contributed by atoms with van der Waals surface area (Å²) in [4.78, 5) is 11.2. The van der Waals surface area contributed by atoms with E-state index in [1.807, 2.05) is 6.08 Å². The SMILES string of the molecule is CC1(C)OC2=CCCC[C@@]2(C(=O)O)O1. The lowest BCUT2D eigenvalue weighted by atomic mass is 9.89. The molecule has 4 heteroatoms. The number of ether oxygens (including phenoxy) is 2. The molecule has 1 N–H and O–H groups in total. The number of fused-ring (bicyclic) bond motifs is 1. The molecule has 1 aliphatic carbocycles. The summed E-state index contributed by atoms with van der Waals surface area (Å²) in [6.45, 7) is 3.47. The molecule has 1 saturated heterocycles. The van der Waals surface area contributed by atoms with E-state index in [2.05, 4.69) is 0 Å². The third-order valence-electron chi connectivity index (χ3n) is 2.58. The van der Waals surface area contributed by atoms with Gasteiger partial charge in [0.1, 0.15) is 5.76 Å². The largest absolute Gasteiger partial charge is 0.479 e. The number of hydrogen-bond acceptors (Lipinski definition) is 3. The molecule has 1 fully saturated rings. The van der Waals surface area contributed by atoms with E-state index in [1.54, 1.807) is 13.8 Å². The summed E-state index contributed by atoms with van der Waals surface area (Å²) < 4.78 is 11.0. The number of carbonyl (C=O) groups is 1. The first kappa shape index (κ1) is 9.52. The van der Waals surface area contributed by atoms with Crippen LogP contribution in [0.3, 0.4) is 0 Å². The van der Waals surface area contributed by atoms with E-state index in [0.717, 1.165) is 12.8 Å². The zero-order valence-corrected chi connectivity index (χ0v) is 8.37. The Morgan fingerprint density at radius 2 is 2.29 bits per heavy atom. The topological polar surface area (TPSA) is 55.8 Å². The standard InChI is InChI=1S/C10H14O4/c1-9(2)13-7-5-3-4-6-10(7,14-9)8(11)12/h5H,3-4,6H2,1-2H3,(H,11,12)/t10-/m1/s1. The van der Waals surface area contributed by atoms with Gasteiger partial charge in [-0.25, -0.2) is 4.79 Å². The molecule has 1 heterocycles. The van der Waals surface area contributed by atoms with Gasteiger partial charge < -0.3 is 14.6 Å². The number of carboxylic acids is 1. The van der Waals surface area contributed by atoms with Crippen LogP contribution in [0.2, 0.25) is 0 Å². The molecule has 4 nitrogen and oxygen atoms in total. The highest BCUT2D eigenvalue weighted by molar-refractivity contribution is 5.82. The molecule has 0 aromatic rings. The highest BCUT2D eigenvalue weighted by Gasteiger charge is 2.56. The van der Waals surface area contributed by atoms with Crippen molar-refractivity contribution in [3.8, 4) is 0 Å². The van der Waals surface area contributed by atoms with E-state index < -0.39 is 17.4 Å². The van der Waals surface area contributed by atoms with Crippen LogP contribution < -0.4 is 0 Å². The summed E-state index contributed by atoms with van der Waals surface area (Å²) in [7, 11) is 0. The molecule has 0 radical (unpaired) electrons. The number of aliphatic carboxylic acids is 1. The molecule has 0 spiro atoms. The minimum Gasteiger partial charge on any atom is -0.479 e. The van der Waals surface area contributed by atoms with Crippen LogP contribution in [0.25, 0.3) is 0 Å². The van der Waals surface area contributed by atoms with E-state index >= 15 is 0 Å². The summed E-state index contributed by atoms with van der Waals surface area (Å²) in [5, 5.41) is 9.19. The molecule has 0 aromatic carbocycles. The van der Waals surface area contributed by atoms with Crippen LogP contribution >= 0.6 is 0 Å². The molecule has 1 atom stereocenters. The van der Waals surface area contributed by atoms with Crippen LogP contribution in [0.15, 0.2) is 11.8 Å². The maximum Gasteiger partial charge on any atom is 0.344 e. The molecular weight excluding hydrogens is 184 g/mol. The Balaban J connectivity index is 2.41. The van der Waals surface area contributed by atoms with Crippen LogP contribution in [0, 0.1) is 0 Å². The molecular formula is C10H14O4. The lowest BCUT2D eigenvalue weighted by Crippen LogP contribution is -2.42. The molecule has 1 aliphatic heterocycles. The first-order chi connectivity index (χ1) is 6.46. The van der Waals surface area contributed by atoms with Crippen LogP contribution in [-0.2, 0) is 14.3 Å². The number of allylic oxidation sites excluding steroid dienone is 1. The fraction of sp³-hybridized carbons (Fsp3) is 0.700. The quantitative estimate of drug-likeness (QED) is 0.696. The summed E-state index contributed by atoms with van der Waals surface area (Å²) in [5.74, 6) is -1.30. The highest BCUT2D eigenvalue weighted by Crippen LogP contribution is 2.45. The highest BCUT2D eigenvalue weighted by atomic mass is 16.8. The first-order valence-corrected chi connectivity index (χ1v) is 4.79. The number of rotatable bonds is 1. The van der Waals surface area contributed by atoms with Crippen molar-refractivity contribution in [3.63, 3.8) is 0 Å². The predicted molar refractivity (Wildman–Crippen MR) is 48.5 cm³/mol. The van der Waals surface area contributed by atoms with Gasteiger partial charge in [0.05, 0.1) is 0 Å². The van der Waals surface area contributed by atoms with Gasteiger partial charge in [-0.2, -0.15) is 0 Å². The fourth-order valence-electron chi connectivity index (χ4n) is 2.06. The minimum absolute atomic E-state index is 0.473. The maximum atomic E-state index is 11.2. The Kier molecular flexibility index (Phi) is 1.86. The van der Waals surface area contributed by atoms with Crippen molar-refractivity contribution in [3.05, 3.63) is 11.8 Å². The smallest absolute Gasteiger partial charge is 0.344 e. The second-order valence-corrected chi connectivity index (χ2v) is 4.20. The van der Waals surface area contributed by atoms with Crippen molar-refractivity contribution in [2.45, 2.75) is 44.5 Å². The van der Waals surface area contributed by atoms with Crippen LogP contribution in [0.1, 0.15) is 33.1 Å². The Labute approximate surface area is 82.5 Å². The van der Waals surface area contributed by atoms with Crippen molar-refractivity contribution in [1.82, 2.24) is 0 Å². The van der Waals surface area contributed by atoms with E-state index in [9.17, 15) is 9.90 Å². The first-order valence-electron chi connectivity index (χ1n) is 4.79. The Morgan fingerprint density at radius 3 is 2.86 bits per heavy atom. The lowest BCUT2D eigenvalue weighted by molar-refractivity contribution is -0.186. The molecule has 78 valence electrons. The molecule has 0 unspecified atom stereocenters. The van der Waals surface area contributed by atoms with Gasteiger partial charge >= 0.3 is 5.97 Å². The van der Waals surface area contributed by atoms with E-state index in [1.165, 1.54) is 0 Å². The van der Waals surface area contributed by atoms with Crippen molar-refractivity contribution >= 4 is 5.97 Å². The molecule has 0 bridgehead atoms.